The van der Waals surface area contributed by atoms with Gasteiger partial charge in [-0.25, -0.2) is 4.79 Å². The fraction of sp³-hybridized carbons (Fsp3) is 0.417. The highest BCUT2D eigenvalue weighted by atomic mass is 19.4. The number of carbonyl (C=O) groups excluding carboxylic acids is 1. The summed E-state index contributed by atoms with van der Waals surface area (Å²) in [7, 11) is 0. The predicted octanol–water partition coefficient (Wildman–Crippen LogP) is 2.27. The second kappa shape index (κ2) is 4.41. The largest absolute Gasteiger partial charge is 0.418 e. The van der Waals surface area contributed by atoms with E-state index < -0.39 is 23.3 Å². The van der Waals surface area contributed by atoms with Crippen molar-refractivity contribution < 1.29 is 18.0 Å². The lowest BCUT2D eigenvalue weighted by Gasteiger charge is -2.45. The molecule has 1 aliphatic rings. The summed E-state index contributed by atoms with van der Waals surface area (Å²) in [5.74, 6) is 0. The van der Waals surface area contributed by atoms with Crippen molar-refractivity contribution in [1.82, 2.24) is 4.90 Å². The predicted molar refractivity (Wildman–Crippen MR) is 64.6 cm³/mol. The third-order valence-corrected chi connectivity index (χ3v) is 2.87. The van der Waals surface area contributed by atoms with Crippen molar-refractivity contribution in [2.45, 2.75) is 18.6 Å². The maximum absolute atomic E-state index is 12.7. The molecule has 104 valence electrons. The molecule has 1 aromatic rings. The summed E-state index contributed by atoms with van der Waals surface area (Å²) in [5.41, 5.74) is 4.18. The second-order valence-corrected chi connectivity index (χ2v) is 4.98. The monoisotopic (exact) mass is 273 g/mol. The molecule has 2 rings (SSSR count). The van der Waals surface area contributed by atoms with Crippen LogP contribution in [0.5, 0.6) is 0 Å². The molecule has 1 aliphatic heterocycles. The molecule has 1 fully saturated rings. The molecule has 0 saturated carbocycles. The summed E-state index contributed by atoms with van der Waals surface area (Å²) in [6.07, 6.45) is -4.50. The van der Waals surface area contributed by atoms with Crippen molar-refractivity contribution in [3.8, 4) is 0 Å². The van der Waals surface area contributed by atoms with E-state index in [0.717, 1.165) is 6.07 Å². The van der Waals surface area contributed by atoms with Crippen LogP contribution < -0.4 is 11.1 Å². The minimum atomic E-state index is -4.50. The molecule has 2 amide bonds. The average molecular weight is 273 g/mol. The Balaban J connectivity index is 2.10. The molecule has 0 bridgehead atoms. The molecule has 7 heteroatoms. The summed E-state index contributed by atoms with van der Waals surface area (Å²) in [4.78, 5) is 13.1. The van der Waals surface area contributed by atoms with Gasteiger partial charge < -0.3 is 16.0 Å². The van der Waals surface area contributed by atoms with Crippen LogP contribution in [-0.2, 0) is 6.18 Å². The van der Waals surface area contributed by atoms with Gasteiger partial charge in [0.2, 0.25) is 0 Å². The molecular weight excluding hydrogens is 259 g/mol. The molecule has 0 atom stereocenters. The van der Waals surface area contributed by atoms with Gasteiger partial charge in [-0.1, -0.05) is 12.1 Å². The Kier molecular flexibility index (Phi) is 3.17. The summed E-state index contributed by atoms with van der Waals surface area (Å²) in [6, 6.07) is 4.30. The number of nitrogens with two attached hydrogens (primary N) is 1. The van der Waals surface area contributed by atoms with Crippen LogP contribution in [0.1, 0.15) is 12.5 Å². The van der Waals surface area contributed by atoms with Gasteiger partial charge in [0.1, 0.15) is 0 Å². The quantitative estimate of drug-likeness (QED) is 0.824. The number of rotatable bonds is 1. The van der Waals surface area contributed by atoms with Crippen molar-refractivity contribution in [1.29, 1.82) is 0 Å². The highest BCUT2D eigenvalue weighted by molar-refractivity contribution is 5.91. The maximum atomic E-state index is 12.7. The molecule has 0 unspecified atom stereocenters. The van der Waals surface area contributed by atoms with E-state index in [2.05, 4.69) is 5.32 Å². The topological polar surface area (TPSA) is 58.4 Å². The van der Waals surface area contributed by atoms with Crippen molar-refractivity contribution >= 4 is 11.7 Å². The van der Waals surface area contributed by atoms with Crippen molar-refractivity contribution in [3.63, 3.8) is 0 Å². The van der Waals surface area contributed by atoms with Gasteiger partial charge in [0, 0.05) is 18.6 Å². The van der Waals surface area contributed by atoms with Crippen LogP contribution in [0.2, 0.25) is 0 Å². The summed E-state index contributed by atoms with van der Waals surface area (Å²) >= 11 is 0. The van der Waals surface area contributed by atoms with Crippen LogP contribution in [0.25, 0.3) is 0 Å². The molecular formula is C12H14F3N3O. The van der Waals surface area contributed by atoms with E-state index in [-0.39, 0.29) is 5.69 Å². The van der Waals surface area contributed by atoms with E-state index >= 15 is 0 Å². The second-order valence-electron chi connectivity index (χ2n) is 4.98. The van der Waals surface area contributed by atoms with Crippen molar-refractivity contribution in [2.75, 3.05) is 18.4 Å². The van der Waals surface area contributed by atoms with Crippen LogP contribution in [0.15, 0.2) is 24.3 Å². The molecule has 3 N–H and O–H groups in total. The van der Waals surface area contributed by atoms with E-state index in [1.54, 1.807) is 6.92 Å². The van der Waals surface area contributed by atoms with Gasteiger partial charge in [-0.3, -0.25) is 0 Å². The Labute approximate surface area is 108 Å². The lowest BCUT2D eigenvalue weighted by Crippen LogP contribution is -2.67. The van der Waals surface area contributed by atoms with Crippen LogP contribution >= 0.6 is 0 Å². The highest BCUT2D eigenvalue weighted by Gasteiger charge is 2.39. The van der Waals surface area contributed by atoms with Crippen LogP contribution in [0.4, 0.5) is 23.7 Å². The first kappa shape index (κ1) is 13.7. The number of urea groups is 1. The standard InChI is InChI=1S/C12H14F3N3O/c1-11(16)6-18(7-11)10(19)17-9-5-3-2-4-8(9)12(13,14)15/h2-5H,6-7,16H2,1H3,(H,17,19). The third-order valence-electron chi connectivity index (χ3n) is 2.87. The Morgan fingerprint density at radius 1 is 1.37 bits per heavy atom. The zero-order chi connectivity index (χ0) is 14.3. The average Bonchev–Trinajstić information content (AvgIpc) is 2.25. The third kappa shape index (κ3) is 2.98. The number of carbonyl (C=O) groups is 1. The number of likely N-dealkylation sites (tertiary alicyclic amines) is 1. The minimum absolute atomic E-state index is 0.245. The molecule has 0 aromatic heterocycles. The molecule has 0 aliphatic carbocycles. The number of benzene rings is 1. The van der Waals surface area contributed by atoms with E-state index in [9.17, 15) is 18.0 Å². The fourth-order valence-electron chi connectivity index (χ4n) is 2.00. The Bertz CT molecular complexity index is 491. The van der Waals surface area contributed by atoms with E-state index in [0.29, 0.717) is 13.1 Å². The number of hydrogen-bond donors (Lipinski definition) is 2. The van der Waals surface area contributed by atoms with E-state index in [1.807, 2.05) is 0 Å². The number of nitrogens with one attached hydrogen (secondary N) is 1. The zero-order valence-electron chi connectivity index (χ0n) is 10.3. The minimum Gasteiger partial charge on any atom is -0.322 e. The van der Waals surface area contributed by atoms with Gasteiger partial charge in [0.15, 0.2) is 0 Å². The van der Waals surface area contributed by atoms with Gasteiger partial charge in [-0.15, -0.1) is 0 Å². The van der Waals surface area contributed by atoms with Crippen LogP contribution in [0.3, 0.4) is 0 Å². The smallest absolute Gasteiger partial charge is 0.322 e. The molecule has 1 saturated heterocycles. The number of anilines is 1. The number of hydrogen-bond acceptors (Lipinski definition) is 2. The first-order valence-corrected chi connectivity index (χ1v) is 5.70. The number of alkyl halides is 3. The van der Waals surface area contributed by atoms with Crippen LogP contribution in [0, 0.1) is 0 Å². The van der Waals surface area contributed by atoms with Gasteiger partial charge in [-0.05, 0) is 19.1 Å². The zero-order valence-corrected chi connectivity index (χ0v) is 10.3. The van der Waals surface area contributed by atoms with E-state index in [4.69, 9.17) is 5.73 Å². The summed E-state index contributed by atoms with van der Waals surface area (Å²) in [5, 5.41) is 2.27. The number of halogens is 3. The normalized spacial score (nSPS) is 17.8. The highest BCUT2D eigenvalue weighted by Crippen LogP contribution is 2.34. The Morgan fingerprint density at radius 3 is 2.47 bits per heavy atom. The van der Waals surface area contributed by atoms with E-state index in [1.165, 1.54) is 23.1 Å². The molecule has 0 spiro atoms. The maximum Gasteiger partial charge on any atom is 0.418 e. The van der Waals surface area contributed by atoms with Gasteiger partial charge >= 0.3 is 12.2 Å². The van der Waals surface area contributed by atoms with Crippen LogP contribution in [-0.4, -0.2) is 29.6 Å². The van der Waals surface area contributed by atoms with Crippen molar-refractivity contribution in [3.05, 3.63) is 29.8 Å². The molecule has 0 radical (unpaired) electrons. The van der Waals surface area contributed by atoms with Crippen molar-refractivity contribution in [2.24, 2.45) is 5.73 Å². The summed E-state index contributed by atoms with van der Waals surface area (Å²) < 4.78 is 38.2. The Hall–Kier alpha value is -1.76. The molecule has 1 aromatic carbocycles. The van der Waals surface area contributed by atoms with Gasteiger partial charge in [0.25, 0.3) is 0 Å². The SMILES string of the molecule is CC1(N)CN(C(=O)Nc2ccccc2C(F)(F)F)C1. The lowest BCUT2D eigenvalue weighted by molar-refractivity contribution is -0.136. The fourth-order valence-corrected chi connectivity index (χ4v) is 2.00. The molecule has 4 nitrogen and oxygen atoms in total. The number of amides is 2. The molecule has 1 heterocycles. The van der Waals surface area contributed by atoms with Gasteiger partial charge in [-0.2, -0.15) is 13.2 Å². The lowest BCUT2D eigenvalue weighted by atomic mass is 9.94. The Morgan fingerprint density at radius 2 is 1.95 bits per heavy atom. The first-order chi connectivity index (χ1) is 8.69. The summed E-state index contributed by atoms with van der Waals surface area (Å²) in [6.45, 7) is 2.43. The van der Waals surface area contributed by atoms with Gasteiger partial charge in [0.05, 0.1) is 11.3 Å². The first-order valence-electron chi connectivity index (χ1n) is 5.70. The number of nitrogens with zero attached hydrogens (tertiary/aromatic N) is 1. The molecule has 19 heavy (non-hydrogen) atoms. The number of para-hydroxylation sites is 1.